The van der Waals surface area contributed by atoms with E-state index in [4.69, 9.17) is 28.9 Å². The van der Waals surface area contributed by atoms with Crippen LogP contribution < -0.4 is 10.2 Å². The second kappa shape index (κ2) is 10.1. The fourth-order valence-electron chi connectivity index (χ4n) is 0.598. The fourth-order valence-corrected chi connectivity index (χ4v) is 0.598. The summed E-state index contributed by atoms with van der Waals surface area (Å²) in [6.45, 7) is 3.82. The molecule has 16 heavy (non-hydrogen) atoms. The summed E-state index contributed by atoms with van der Waals surface area (Å²) in [4.78, 5) is 0. The average molecular weight is 338 g/mol. The molecule has 88 valence electrons. The predicted molar refractivity (Wildman–Crippen MR) is 67.9 cm³/mol. The van der Waals surface area contributed by atoms with Gasteiger partial charge in [0.05, 0.1) is 0 Å². The number of aromatic nitrogens is 4. The summed E-state index contributed by atoms with van der Waals surface area (Å²) in [7, 11) is 15.0. The van der Waals surface area contributed by atoms with Crippen LogP contribution in [0.2, 0.25) is 0 Å². The number of aryl methyl sites for hydroxylation is 2. The minimum atomic E-state index is -2.06. The van der Waals surface area contributed by atoms with Crippen LogP contribution in [0.5, 0.6) is 0 Å². The predicted octanol–water partition coefficient (Wildman–Crippen LogP) is 2.38. The van der Waals surface area contributed by atoms with Crippen molar-refractivity contribution in [2.24, 2.45) is 0 Å². The number of hydrogen-bond donors (Lipinski definition) is 0. The Balaban J connectivity index is 0.000000217. The molecule has 0 bridgehead atoms. The molecule has 8 heteroatoms. The molecule has 2 aromatic rings. The normalized spacial score (nSPS) is 8.31. The third-order valence-electron chi connectivity index (χ3n) is 1.20. The zero-order valence-corrected chi connectivity index (χ0v) is 13.5. The van der Waals surface area contributed by atoms with Crippen molar-refractivity contribution in [1.29, 1.82) is 0 Å². The molecule has 4 nitrogen and oxygen atoms in total. The molecule has 0 aliphatic heterocycles. The van der Waals surface area contributed by atoms with Crippen LogP contribution in [0.3, 0.4) is 0 Å². The first kappa shape index (κ1) is 15.9. The maximum absolute atomic E-state index is 4.99. The van der Waals surface area contributed by atoms with Crippen LogP contribution >= 0.6 is 28.9 Å². The van der Waals surface area contributed by atoms with Crippen molar-refractivity contribution in [2.45, 2.75) is 13.8 Å². The van der Waals surface area contributed by atoms with Crippen LogP contribution in [0.4, 0.5) is 0 Å². The van der Waals surface area contributed by atoms with E-state index in [1.165, 1.54) is 0 Å². The van der Waals surface area contributed by atoms with E-state index in [0.29, 0.717) is 0 Å². The number of hydrogen-bond acceptors (Lipinski definition) is 2. The van der Waals surface area contributed by atoms with Crippen LogP contribution in [0.25, 0.3) is 0 Å². The molecule has 0 fully saturated rings. The Bertz CT molecular complexity index is 301. The molecule has 0 saturated carbocycles. The Morgan fingerprint density at radius 3 is 1.31 bits per heavy atom. The van der Waals surface area contributed by atoms with E-state index >= 15 is 0 Å². The molecular formula is C8H10Cl3GaN4-2. The van der Waals surface area contributed by atoms with Gasteiger partial charge in [-0.15, -0.1) is 0 Å². The zero-order valence-electron chi connectivity index (χ0n) is 8.81. The fraction of sp³-hybridized carbons (Fsp3) is 0.250. The van der Waals surface area contributed by atoms with Gasteiger partial charge in [-0.2, -0.15) is 12.4 Å². The van der Waals surface area contributed by atoms with E-state index in [-0.39, 0.29) is 0 Å². The molecule has 0 aliphatic rings. The van der Waals surface area contributed by atoms with Gasteiger partial charge in [0.15, 0.2) is 0 Å². The minimum absolute atomic E-state index is 0.981. The topological polar surface area (TPSA) is 54.0 Å². The quantitative estimate of drug-likeness (QED) is 0.692. The van der Waals surface area contributed by atoms with E-state index in [9.17, 15) is 0 Å². The molecule has 0 radical (unpaired) electrons. The molecule has 0 aromatic carbocycles. The Morgan fingerprint density at radius 2 is 1.25 bits per heavy atom. The molecule has 0 atom stereocenters. The molecule has 0 unspecified atom stereocenters. The van der Waals surface area contributed by atoms with Crippen LogP contribution in [0, 0.1) is 13.8 Å². The van der Waals surface area contributed by atoms with Crippen molar-refractivity contribution in [3.63, 3.8) is 0 Å². The molecule has 0 aliphatic carbocycles. The monoisotopic (exact) mass is 336 g/mol. The average Bonchev–Trinajstić information content (AvgIpc) is 2.78. The molecule has 2 aromatic heterocycles. The van der Waals surface area contributed by atoms with Crippen molar-refractivity contribution < 1.29 is 0 Å². The van der Waals surface area contributed by atoms with Gasteiger partial charge in [0.25, 0.3) is 0 Å². The SMILES string of the molecule is Cc1cc[n-]n1.Cc1cc[n-]n1.[Cl][Ga]([Cl])[Cl]. The summed E-state index contributed by atoms with van der Waals surface area (Å²) >= 11 is -2.06. The molecule has 0 spiro atoms. The molecule has 2 heterocycles. The van der Waals surface area contributed by atoms with Gasteiger partial charge in [0.1, 0.15) is 0 Å². The van der Waals surface area contributed by atoms with E-state index in [1.807, 2.05) is 26.0 Å². The Hall–Kier alpha value is -0.0736. The van der Waals surface area contributed by atoms with E-state index in [1.54, 1.807) is 12.4 Å². The second-order valence-electron chi connectivity index (χ2n) is 2.59. The van der Waals surface area contributed by atoms with Crippen molar-refractivity contribution >= 4 is 42.1 Å². The third kappa shape index (κ3) is 12.0. The van der Waals surface area contributed by atoms with Gasteiger partial charge in [-0.3, -0.25) is 0 Å². The maximum atomic E-state index is 4.99. The van der Waals surface area contributed by atoms with Crippen molar-refractivity contribution in [2.75, 3.05) is 0 Å². The van der Waals surface area contributed by atoms with Crippen LogP contribution in [-0.4, -0.2) is 23.4 Å². The van der Waals surface area contributed by atoms with Crippen molar-refractivity contribution in [3.05, 3.63) is 35.9 Å². The van der Waals surface area contributed by atoms with Gasteiger partial charge in [0.2, 0.25) is 0 Å². The van der Waals surface area contributed by atoms with E-state index in [2.05, 4.69) is 20.4 Å². The Morgan fingerprint density at radius 1 is 0.938 bits per heavy atom. The third-order valence-corrected chi connectivity index (χ3v) is 1.20. The van der Waals surface area contributed by atoms with Gasteiger partial charge in [0, 0.05) is 11.4 Å². The Labute approximate surface area is 112 Å². The van der Waals surface area contributed by atoms with Gasteiger partial charge in [-0.05, 0) is 13.8 Å². The van der Waals surface area contributed by atoms with Gasteiger partial charge in [-0.1, -0.05) is 12.1 Å². The number of nitrogens with zero attached hydrogens (tertiary/aromatic N) is 4. The molecular weight excluding hydrogens is 328 g/mol. The summed E-state index contributed by atoms with van der Waals surface area (Å²) in [5, 5.41) is 14.5. The molecule has 2 rings (SSSR count). The van der Waals surface area contributed by atoms with Gasteiger partial charge < -0.3 is 20.4 Å². The van der Waals surface area contributed by atoms with E-state index < -0.39 is 13.2 Å². The molecule has 0 amide bonds. The first-order valence-electron chi connectivity index (χ1n) is 4.26. The first-order chi connectivity index (χ1) is 7.52. The van der Waals surface area contributed by atoms with Gasteiger partial charge in [-0.25, -0.2) is 0 Å². The second-order valence-corrected chi connectivity index (χ2v) is 13.9. The van der Waals surface area contributed by atoms with Crippen molar-refractivity contribution in [3.8, 4) is 0 Å². The summed E-state index contributed by atoms with van der Waals surface area (Å²) in [6.07, 6.45) is 3.35. The summed E-state index contributed by atoms with van der Waals surface area (Å²) < 4.78 is 0. The zero-order chi connectivity index (χ0) is 12.4. The molecule has 0 saturated heterocycles. The number of rotatable bonds is 0. The van der Waals surface area contributed by atoms with Crippen molar-refractivity contribution in [1.82, 2.24) is 20.4 Å². The van der Waals surface area contributed by atoms with Crippen LogP contribution in [0.15, 0.2) is 24.5 Å². The summed E-state index contributed by atoms with van der Waals surface area (Å²) in [5.74, 6) is 0. The summed E-state index contributed by atoms with van der Waals surface area (Å²) in [5.41, 5.74) is 1.96. The van der Waals surface area contributed by atoms with Crippen LogP contribution in [0.1, 0.15) is 11.4 Å². The standard InChI is InChI=1S/2C4H5N2.3ClH.Ga/c2*1-4-2-3-5-6-4;;;;/h2*2-3H,1H3;3*1H;/q2*-1;;;;+3/p-3. The van der Waals surface area contributed by atoms with Crippen LogP contribution in [-0.2, 0) is 0 Å². The first-order valence-corrected chi connectivity index (χ1v) is 13.8. The number of halogens is 3. The van der Waals surface area contributed by atoms with Gasteiger partial charge >= 0.3 is 42.1 Å². The summed E-state index contributed by atoms with van der Waals surface area (Å²) in [6, 6.07) is 3.72. The van der Waals surface area contributed by atoms with E-state index in [0.717, 1.165) is 11.4 Å². The Kier molecular flexibility index (Phi) is 10.1. The molecule has 0 N–H and O–H groups in total.